The SMILES string of the molecule is CN(C(=O)OC(C)(C)C)C1CCCN(C(=O)Cc2csc3nccn23)C1. The van der Waals surface area contributed by atoms with Gasteiger partial charge in [-0.05, 0) is 33.6 Å². The second kappa shape index (κ2) is 7.26. The highest BCUT2D eigenvalue weighted by Gasteiger charge is 2.31. The molecular formula is C18H26N4O3S. The van der Waals surface area contributed by atoms with Gasteiger partial charge in [-0.1, -0.05) is 0 Å². The van der Waals surface area contributed by atoms with E-state index in [9.17, 15) is 9.59 Å². The van der Waals surface area contributed by atoms with Gasteiger partial charge < -0.3 is 14.5 Å². The monoisotopic (exact) mass is 378 g/mol. The molecule has 0 saturated carbocycles. The van der Waals surface area contributed by atoms with Crippen LogP contribution in [0.2, 0.25) is 0 Å². The number of amides is 2. The van der Waals surface area contributed by atoms with E-state index in [-0.39, 0.29) is 18.0 Å². The molecule has 0 aliphatic carbocycles. The number of aromatic nitrogens is 2. The molecule has 1 saturated heterocycles. The van der Waals surface area contributed by atoms with Crippen molar-refractivity contribution < 1.29 is 14.3 Å². The number of ether oxygens (including phenoxy) is 1. The fourth-order valence-electron chi connectivity index (χ4n) is 3.15. The summed E-state index contributed by atoms with van der Waals surface area (Å²) in [5.74, 6) is 0.0840. The third kappa shape index (κ3) is 4.17. The zero-order valence-electron chi connectivity index (χ0n) is 15.8. The Bertz CT molecular complexity index is 792. The van der Waals surface area contributed by atoms with E-state index in [4.69, 9.17) is 4.74 Å². The number of thiazole rings is 1. The van der Waals surface area contributed by atoms with Gasteiger partial charge in [-0.15, -0.1) is 11.3 Å². The summed E-state index contributed by atoms with van der Waals surface area (Å²) in [6.07, 6.45) is 5.39. The van der Waals surface area contributed by atoms with Crippen LogP contribution < -0.4 is 0 Å². The van der Waals surface area contributed by atoms with Gasteiger partial charge in [0.05, 0.1) is 12.5 Å². The van der Waals surface area contributed by atoms with Gasteiger partial charge in [-0.2, -0.15) is 0 Å². The van der Waals surface area contributed by atoms with Gasteiger partial charge in [0.2, 0.25) is 5.91 Å². The average molecular weight is 378 g/mol. The smallest absolute Gasteiger partial charge is 0.410 e. The van der Waals surface area contributed by atoms with E-state index in [0.29, 0.717) is 13.0 Å². The highest BCUT2D eigenvalue weighted by atomic mass is 32.1. The zero-order valence-corrected chi connectivity index (χ0v) is 16.6. The fourth-order valence-corrected chi connectivity index (χ4v) is 4.00. The van der Waals surface area contributed by atoms with E-state index < -0.39 is 5.60 Å². The zero-order chi connectivity index (χ0) is 18.9. The Morgan fingerprint density at radius 3 is 2.92 bits per heavy atom. The number of imidazole rings is 1. The molecule has 7 nitrogen and oxygen atoms in total. The van der Waals surface area contributed by atoms with Crippen LogP contribution in [-0.4, -0.2) is 63.0 Å². The number of carbonyl (C=O) groups excluding carboxylic acids is 2. The lowest BCUT2D eigenvalue weighted by Crippen LogP contribution is -2.51. The third-order valence-electron chi connectivity index (χ3n) is 4.53. The summed E-state index contributed by atoms with van der Waals surface area (Å²) in [5, 5.41) is 1.98. The van der Waals surface area contributed by atoms with E-state index >= 15 is 0 Å². The molecule has 0 radical (unpaired) electrons. The Kier molecular flexibility index (Phi) is 5.22. The molecule has 3 rings (SSSR count). The summed E-state index contributed by atoms with van der Waals surface area (Å²) >= 11 is 1.54. The van der Waals surface area contributed by atoms with Crippen LogP contribution in [-0.2, 0) is 16.0 Å². The molecule has 2 aromatic rings. The van der Waals surface area contributed by atoms with Crippen molar-refractivity contribution in [1.82, 2.24) is 19.2 Å². The predicted molar refractivity (Wildman–Crippen MR) is 100 cm³/mol. The number of piperidine rings is 1. The molecule has 3 heterocycles. The molecule has 2 amide bonds. The first-order valence-corrected chi connectivity index (χ1v) is 9.75. The molecule has 0 N–H and O–H groups in total. The van der Waals surface area contributed by atoms with E-state index in [0.717, 1.165) is 30.0 Å². The van der Waals surface area contributed by atoms with Crippen molar-refractivity contribution in [2.24, 2.45) is 0 Å². The lowest BCUT2D eigenvalue weighted by Gasteiger charge is -2.38. The standard InChI is InChI=1S/C18H26N4O3S/c1-18(2,3)25-17(24)20(4)13-6-5-8-21(11-13)15(23)10-14-12-26-16-19-7-9-22(14)16/h7,9,12-13H,5-6,8,10-11H2,1-4H3. The number of hydrogen-bond donors (Lipinski definition) is 0. The van der Waals surface area contributed by atoms with Crippen LogP contribution in [0.15, 0.2) is 17.8 Å². The summed E-state index contributed by atoms with van der Waals surface area (Å²) in [5.41, 5.74) is 0.431. The number of rotatable bonds is 3. The maximum Gasteiger partial charge on any atom is 0.410 e. The van der Waals surface area contributed by atoms with Gasteiger partial charge in [-0.25, -0.2) is 9.78 Å². The topological polar surface area (TPSA) is 67.2 Å². The van der Waals surface area contributed by atoms with Gasteiger partial charge >= 0.3 is 6.09 Å². The summed E-state index contributed by atoms with van der Waals surface area (Å²) in [6.45, 7) is 6.84. The van der Waals surface area contributed by atoms with Crippen molar-refractivity contribution in [3.05, 3.63) is 23.5 Å². The van der Waals surface area contributed by atoms with Gasteiger partial charge in [0.25, 0.3) is 0 Å². The van der Waals surface area contributed by atoms with E-state index in [1.165, 1.54) is 11.3 Å². The first-order valence-electron chi connectivity index (χ1n) is 8.87. The molecular weight excluding hydrogens is 352 g/mol. The summed E-state index contributed by atoms with van der Waals surface area (Å²) in [7, 11) is 1.75. The Labute approximate surface area is 157 Å². The highest BCUT2D eigenvalue weighted by Crippen LogP contribution is 2.20. The Morgan fingerprint density at radius 2 is 2.19 bits per heavy atom. The van der Waals surface area contributed by atoms with Crippen LogP contribution in [0, 0.1) is 0 Å². The Morgan fingerprint density at radius 1 is 1.42 bits per heavy atom. The van der Waals surface area contributed by atoms with Crippen molar-refractivity contribution in [2.45, 2.75) is 51.7 Å². The van der Waals surface area contributed by atoms with Crippen LogP contribution in [0.4, 0.5) is 4.79 Å². The van der Waals surface area contributed by atoms with Crippen LogP contribution in [0.25, 0.3) is 4.96 Å². The van der Waals surface area contributed by atoms with Crippen molar-refractivity contribution in [3.8, 4) is 0 Å². The van der Waals surface area contributed by atoms with Gasteiger partial charge in [-0.3, -0.25) is 9.20 Å². The quantitative estimate of drug-likeness (QED) is 0.824. The third-order valence-corrected chi connectivity index (χ3v) is 5.43. The molecule has 0 spiro atoms. The lowest BCUT2D eigenvalue weighted by molar-refractivity contribution is -0.132. The predicted octanol–water partition coefficient (Wildman–Crippen LogP) is 2.80. The van der Waals surface area contributed by atoms with Crippen LogP contribution in [0.3, 0.4) is 0 Å². The average Bonchev–Trinajstić information content (AvgIpc) is 3.17. The molecule has 1 aliphatic rings. The van der Waals surface area contributed by atoms with Gasteiger partial charge in [0.1, 0.15) is 5.60 Å². The molecule has 1 aliphatic heterocycles. The molecule has 8 heteroatoms. The number of likely N-dealkylation sites (N-methyl/N-ethyl adjacent to an activating group) is 1. The Balaban J connectivity index is 1.61. The maximum atomic E-state index is 12.8. The second-order valence-corrected chi connectivity index (χ2v) is 8.55. The molecule has 142 valence electrons. The molecule has 1 fully saturated rings. The normalized spacial score (nSPS) is 18.2. The van der Waals surface area contributed by atoms with Crippen molar-refractivity contribution in [1.29, 1.82) is 0 Å². The lowest BCUT2D eigenvalue weighted by atomic mass is 10.0. The van der Waals surface area contributed by atoms with Crippen molar-refractivity contribution >= 4 is 28.3 Å². The van der Waals surface area contributed by atoms with Crippen LogP contribution in [0.5, 0.6) is 0 Å². The molecule has 1 unspecified atom stereocenters. The molecule has 26 heavy (non-hydrogen) atoms. The van der Waals surface area contributed by atoms with Crippen molar-refractivity contribution in [3.63, 3.8) is 0 Å². The number of nitrogens with zero attached hydrogens (tertiary/aromatic N) is 4. The fraction of sp³-hybridized carbons (Fsp3) is 0.611. The highest BCUT2D eigenvalue weighted by molar-refractivity contribution is 7.15. The number of fused-ring (bicyclic) bond motifs is 1. The molecule has 2 aromatic heterocycles. The van der Waals surface area contributed by atoms with E-state index in [2.05, 4.69) is 4.98 Å². The minimum absolute atomic E-state index is 0.0155. The minimum atomic E-state index is -0.523. The summed E-state index contributed by atoms with van der Waals surface area (Å²) in [6, 6.07) is -0.0155. The Hall–Kier alpha value is -2.09. The summed E-state index contributed by atoms with van der Waals surface area (Å²) < 4.78 is 7.40. The van der Waals surface area contributed by atoms with Gasteiger partial charge in [0.15, 0.2) is 4.96 Å². The van der Waals surface area contributed by atoms with Crippen molar-refractivity contribution in [2.75, 3.05) is 20.1 Å². The first-order chi connectivity index (χ1) is 12.2. The van der Waals surface area contributed by atoms with Crippen LogP contribution >= 0.6 is 11.3 Å². The first kappa shape index (κ1) is 18.7. The number of carbonyl (C=O) groups is 2. The minimum Gasteiger partial charge on any atom is -0.444 e. The number of hydrogen-bond acceptors (Lipinski definition) is 5. The van der Waals surface area contributed by atoms with Crippen LogP contribution in [0.1, 0.15) is 39.3 Å². The maximum absolute atomic E-state index is 12.8. The summed E-state index contributed by atoms with van der Waals surface area (Å²) in [4.78, 5) is 33.7. The molecule has 0 bridgehead atoms. The molecule has 1 atom stereocenters. The van der Waals surface area contributed by atoms with E-state index in [1.54, 1.807) is 18.1 Å². The largest absolute Gasteiger partial charge is 0.444 e. The van der Waals surface area contributed by atoms with E-state index in [1.807, 2.05) is 41.6 Å². The van der Waals surface area contributed by atoms with Gasteiger partial charge in [0, 0.05) is 43.6 Å². The second-order valence-electron chi connectivity index (χ2n) is 7.71. The number of likely N-dealkylation sites (tertiary alicyclic amines) is 1. The molecule has 0 aromatic carbocycles.